The van der Waals surface area contributed by atoms with Crippen molar-refractivity contribution in [2.75, 3.05) is 12.2 Å². The van der Waals surface area contributed by atoms with Crippen LogP contribution in [0.15, 0.2) is 6.07 Å². The van der Waals surface area contributed by atoms with E-state index >= 15 is 0 Å². The zero-order valence-corrected chi connectivity index (χ0v) is 12.1. The van der Waals surface area contributed by atoms with Crippen LogP contribution in [0.5, 0.6) is 0 Å². The molecule has 0 fully saturated rings. The number of anilines is 1. The first-order chi connectivity index (χ1) is 7.63. The van der Waals surface area contributed by atoms with E-state index in [2.05, 4.69) is 32.1 Å². The Labute approximate surface area is 112 Å². The number of methoxy groups -OCH3 is 1. The second-order valence-corrected chi connectivity index (χ2v) is 5.07. The van der Waals surface area contributed by atoms with Gasteiger partial charge in [-0.1, -0.05) is 11.6 Å². The lowest BCUT2D eigenvalue weighted by atomic mass is 10.2. The third-order valence-electron chi connectivity index (χ3n) is 1.74. The Morgan fingerprint density at radius 3 is 3.00 bits per heavy atom. The van der Waals surface area contributed by atoms with Crippen LogP contribution in [0.1, 0.15) is 16.1 Å². The second-order valence-electron chi connectivity index (χ2n) is 2.63. The number of hydrogen-bond donors (Lipinski definition) is 2. The van der Waals surface area contributed by atoms with Gasteiger partial charge in [-0.25, -0.2) is 4.98 Å². The Morgan fingerprint density at radius 1 is 1.81 bits per heavy atom. The van der Waals surface area contributed by atoms with Crippen LogP contribution in [-0.2, 0) is 4.74 Å². The van der Waals surface area contributed by atoms with Crippen molar-refractivity contribution in [2.45, 2.75) is 0 Å². The molecule has 0 saturated carbocycles. The molecule has 1 aromatic heterocycles. The van der Waals surface area contributed by atoms with Gasteiger partial charge in [-0.2, -0.15) is 0 Å². The number of rotatable bonds is 4. The Balaban J connectivity index is 3.37. The predicted octanol–water partition coefficient (Wildman–Crippen LogP) is 2.87. The zero-order chi connectivity index (χ0) is 12.1. The van der Waals surface area contributed by atoms with Gasteiger partial charge in [0.1, 0.15) is 5.15 Å². The number of ether oxygens (including phenoxy) is 1. The van der Waals surface area contributed by atoms with E-state index in [1.165, 1.54) is 13.2 Å². The number of nitrogens with one attached hydrogen (secondary N) is 2. The van der Waals surface area contributed by atoms with Crippen molar-refractivity contribution < 1.29 is 9.53 Å². The Kier molecular flexibility index (Phi) is 5.37. The fourth-order valence-corrected chi connectivity index (χ4v) is 2.43. The molecule has 1 rings (SSSR count). The van der Waals surface area contributed by atoms with E-state index in [-0.39, 0.29) is 16.7 Å². The van der Waals surface area contributed by atoms with Gasteiger partial charge in [-0.3, -0.25) is 10.2 Å². The molecule has 0 aliphatic heterocycles. The van der Waals surface area contributed by atoms with Crippen molar-refractivity contribution in [2.24, 2.45) is 0 Å². The molecule has 16 heavy (non-hydrogen) atoms. The number of hydrogen-bond acceptors (Lipinski definition) is 5. The number of aromatic nitrogens is 1. The van der Waals surface area contributed by atoms with E-state index in [0.717, 1.165) is 0 Å². The maximum absolute atomic E-state index is 10.9. The molecule has 1 unspecified atom stereocenters. The van der Waals surface area contributed by atoms with Gasteiger partial charge in [0, 0.05) is 11.9 Å². The van der Waals surface area contributed by atoms with Crippen LogP contribution >= 0.6 is 40.0 Å². The van der Waals surface area contributed by atoms with E-state index in [1.807, 2.05) is 0 Å². The highest BCUT2D eigenvalue weighted by molar-refractivity contribution is 14.2. The molecule has 8 heteroatoms. The maximum atomic E-state index is 10.9. The lowest BCUT2D eigenvalue weighted by Crippen LogP contribution is -2.09. The molecule has 0 amide bonds. The number of carbonyl (C=O) groups is 1. The van der Waals surface area contributed by atoms with Crippen LogP contribution in [0.25, 0.3) is 0 Å². The second kappa shape index (κ2) is 6.32. The Bertz CT molecular complexity index is 430. The van der Waals surface area contributed by atoms with Gasteiger partial charge in [-0.05, 0) is 28.1 Å². The molecular weight excluding hydrogens is 363 g/mol. The van der Waals surface area contributed by atoms with Crippen LogP contribution in [0, 0.1) is 5.41 Å². The molecule has 0 aromatic carbocycles. The molecule has 0 saturated heterocycles. The summed E-state index contributed by atoms with van der Waals surface area (Å²) in [6.45, 7) is 0. The van der Waals surface area contributed by atoms with Gasteiger partial charge in [0.2, 0.25) is 5.90 Å². The first-order valence-electron chi connectivity index (χ1n) is 4.04. The van der Waals surface area contributed by atoms with Crippen molar-refractivity contribution in [3.8, 4) is 0 Å². The normalized spacial score (nSPS) is 10.4. The number of pyridine rings is 1. The monoisotopic (exact) mass is 371 g/mol. The molecular formula is C8H8ClIN3O2P. The molecule has 86 valence electrons. The van der Waals surface area contributed by atoms with Crippen molar-refractivity contribution in [3.05, 3.63) is 22.5 Å². The molecule has 0 spiro atoms. The van der Waals surface area contributed by atoms with Gasteiger partial charge in [-0.15, -0.1) is 0 Å². The fraction of sp³-hybridized carbons (Fsp3) is 0.125. The zero-order valence-electron chi connectivity index (χ0n) is 8.17. The number of nitrogens with zero attached hydrogens (tertiary/aromatic N) is 1. The number of halogens is 2. The smallest absolute Gasteiger partial charge is 0.234 e. The molecule has 2 N–H and O–H groups in total. The Morgan fingerprint density at radius 2 is 2.50 bits per heavy atom. The Hall–Kier alpha value is -0.460. The lowest BCUT2D eigenvalue weighted by molar-refractivity contribution is 0.112. The molecule has 0 aliphatic carbocycles. The fourth-order valence-electron chi connectivity index (χ4n) is 1.06. The summed E-state index contributed by atoms with van der Waals surface area (Å²) in [5, 5.41) is 10.7. The third kappa shape index (κ3) is 3.02. The summed E-state index contributed by atoms with van der Waals surface area (Å²) in [4.78, 5) is 14.8. The lowest BCUT2D eigenvalue weighted by Gasteiger charge is -2.11. The van der Waals surface area contributed by atoms with Gasteiger partial charge < -0.3 is 9.82 Å². The minimum Gasteiger partial charge on any atom is -0.480 e. The van der Waals surface area contributed by atoms with Gasteiger partial charge in [0.05, 0.1) is 12.8 Å². The standard InChI is InChI=1S/C8H8ClIN3O2P/c1-15-8(11)7-6(13-16-10)4(3-14)2-5(9)12-7/h2-3,11,13,16H,1H3. The summed E-state index contributed by atoms with van der Waals surface area (Å²) in [5.74, 6) is -0.136. The quantitative estimate of drug-likeness (QED) is 0.213. The van der Waals surface area contributed by atoms with Crippen LogP contribution < -0.4 is 5.09 Å². The van der Waals surface area contributed by atoms with Gasteiger partial charge >= 0.3 is 0 Å². The van der Waals surface area contributed by atoms with E-state index in [0.29, 0.717) is 23.9 Å². The molecule has 0 radical (unpaired) electrons. The highest BCUT2D eigenvalue weighted by Crippen LogP contribution is 2.30. The average Bonchev–Trinajstić information content (AvgIpc) is 2.29. The summed E-state index contributed by atoms with van der Waals surface area (Å²) >= 11 is 7.87. The van der Waals surface area contributed by atoms with Crippen molar-refractivity contribution >= 4 is 57.9 Å². The first kappa shape index (κ1) is 13.6. The third-order valence-corrected chi connectivity index (χ3v) is 3.08. The maximum Gasteiger partial charge on any atom is 0.234 e. The predicted molar refractivity (Wildman–Crippen MR) is 74.4 cm³/mol. The number of aldehydes is 1. The summed E-state index contributed by atoms with van der Waals surface area (Å²) in [6, 6.07) is 1.44. The van der Waals surface area contributed by atoms with E-state index in [4.69, 9.17) is 21.7 Å². The first-order valence-corrected chi connectivity index (χ1v) is 8.53. The molecule has 1 aromatic rings. The van der Waals surface area contributed by atoms with Crippen LogP contribution in [0.2, 0.25) is 5.15 Å². The van der Waals surface area contributed by atoms with E-state index in [9.17, 15) is 4.79 Å². The summed E-state index contributed by atoms with van der Waals surface area (Å²) in [7, 11) is 1.36. The largest absolute Gasteiger partial charge is 0.480 e. The van der Waals surface area contributed by atoms with Crippen molar-refractivity contribution in [1.29, 1.82) is 5.41 Å². The topological polar surface area (TPSA) is 75.1 Å². The highest BCUT2D eigenvalue weighted by Gasteiger charge is 2.15. The van der Waals surface area contributed by atoms with E-state index in [1.54, 1.807) is 0 Å². The summed E-state index contributed by atoms with van der Waals surface area (Å²) in [6.07, 6.45) is 1.01. The summed E-state index contributed by atoms with van der Waals surface area (Å²) in [5.41, 5.74) is 1.07. The van der Waals surface area contributed by atoms with Crippen molar-refractivity contribution in [1.82, 2.24) is 4.98 Å². The minimum atomic E-state index is -0.136. The summed E-state index contributed by atoms with van der Waals surface area (Å²) < 4.78 is 4.78. The molecule has 0 bridgehead atoms. The van der Waals surface area contributed by atoms with Gasteiger partial charge in [0.15, 0.2) is 12.0 Å². The molecule has 1 heterocycles. The minimum absolute atomic E-state index is 0.136. The van der Waals surface area contributed by atoms with Gasteiger partial charge in [0.25, 0.3) is 0 Å². The SMILES string of the molecule is COC(=N)c1nc(Cl)cc(C=O)c1NPI. The molecule has 1 atom stereocenters. The highest BCUT2D eigenvalue weighted by atomic mass is 127. The van der Waals surface area contributed by atoms with Crippen LogP contribution in [-0.4, -0.2) is 24.3 Å². The molecule has 5 nitrogen and oxygen atoms in total. The number of carbonyl (C=O) groups excluding carboxylic acids is 1. The van der Waals surface area contributed by atoms with Crippen LogP contribution in [0.4, 0.5) is 5.69 Å². The molecule has 0 aliphatic rings. The van der Waals surface area contributed by atoms with Crippen LogP contribution in [0.3, 0.4) is 0 Å². The van der Waals surface area contributed by atoms with Crippen molar-refractivity contribution in [3.63, 3.8) is 0 Å². The average molecular weight is 372 g/mol. The van der Waals surface area contributed by atoms with E-state index < -0.39 is 0 Å².